The largest absolute Gasteiger partial charge is 0.465 e. The van der Waals surface area contributed by atoms with Crippen LogP contribution in [0.2, 0.25) is 0 Å². The Morgan fingerprint density at radius 2 is 1.19 bits per heavy atom. The van der Waals surface area contributed by atoms with Crippen LogP contribution >= 0.6 is 0 Å². The Labute approximate surface area is 306 Å². The molecule has 2 fully saturated rings. The van der Waals surface area contributed by atoms with Gasteiger partial charge >= 0.3 is 24.1 Å². The van der Waals surface area contributed by atoms with E-state index in [1.165, 1.54) is 21.9 Å². The molecule has 0 aromatic heterocycles. The van der Waals surface area contributed by atoms with Crippen LogP contribution in [0.15, 0.2) is 36.4 Å². The number of halogens is 4. The Kier molecular flexibility index (Phi) is 15.3. The first-order valence-electron chi connectivity index (χ1n) is 16.7. The first kappa shape index (κ1) is 44.4. The number of carbonyl (C=O) groups is 5. The second kappa shape index (κ2) is 18.3. The number of hydrogen-bond donors (Lipinski definition) is 2. The number of hydrogen-bond acceptors (Lipinski definition) is 11. The molecular weight excluding hydrogens is 708 g/mol. The normalized spacial score (nSPS) is 15.5. The van der Waals surface area contributed by atoms with Gasteiger partial charge in [-0.3, -0.25) is 10.1 Å². The summed E-state index contributed by atoms with van der Waals surface area (Å²) in [5.41, 5.74) is 3.05. The molecule has 0 radical (unpaired) electrons. The summed E-state index contributed by atoms with van der Waals surface area (Å²) in [6.45, 7) is 15.0. The van der Waals surface area contributed by atoms with Gasteiger partial charge in [-0.15, -0.1) is 0 Å². The number of carbonyl (C=O) groups excluding carboxylic acids is 5. The maximum absolute atomic E-state index is 13.3. The van der Waals surface area contributed by atoms with Crippen molar-refractivity contribution in [2.75, 3.05) is 39.4 Å². The van der Waals surface area contributed by atoms with Gasteiger partial charge in [0.2, 0.25) is 0 Å². The summed E-state index contributed by atoms with van der Waals surface area (Å²) in [7, 11) is 0. The van der Waals surface area contributed by atoms with Crippen LogP contribution in [0.4, 0.5) is 27.2 Å². The predicted molar refractivity (Wildman–Crippen MR) is 183 cm³/mol. The van der Waals surface area contributed by atoms with Gasteiger partial charge < -0.3 is 34.5 Å². The van der Waals surface area contributed by atoms with Crippen molar-refractivity contribution in [2.45, 2.75) is 84.2 Å². The molecule has 3 N–H and O–H groups in total. The van der Waals surface area contributed by atoms with Gasteiger partial charge in [0, 0.05) is 12.1 Å². The summed E-state index contributed by atoms with van der Waals surface area (Å²) < 4.78 is 71.1. The van der Waals surface area contributed by atoms with Crippen LogP contribution in [0.1, 0.15) is 71.3 Å². The van der Waals surface area contributed by atoms with Crippen LogP contribution in [-0.2, 0) is 35.1 Å². The molecule has 0 saturated carbocycles. The second-order valence-corrected chi connectivity index (χ2v) is 14.2. The third-order valence-corrected chi connectivity index (χ3v) is 7.21. The van der Waals surface area contributed by atoms with E-state index in [1.54, 1.807) is 55.4 Å². The van der Waals surface area contributed by atoms with Gasteiger partial charge in [-0.25, -0.2) is 36.7 Å². The number of benzene rings is 2. The Morgan fingerprint density at radius 3 is 1.62 bits per heavy atom. The first-order chi connectivity index (χ1) is 24.5. The molecule has 4 rings (SSSR count). The summed E-state index contributed by atoms with van der Waals surface area (Å²) in [6.07, 6.45) is -0.516. The fraction of sp³-hybridized carbons (Fsp3) is 0.528. The number of aldehydes is 1. The van der Waals surface area contributed by atoms with Crippen molar-refractivity contribution in [3.63, 3.8) is 0 Å². The van der Waals surface area contributed by atoms with Gasteiger partial charge in [0.15, 0.2) is 34.3 Å². The van der Waals surface area contributed by atoms with Crippen molar-refractivity contribution in [2.24, 2.45) is 5.73 Å². The lowest BCUT2D eigenvalue weighted by Gasteiger charge is -2.48. The predicted octanol–water partition coefficient (Wildman–Crippen LogP) is 4.88. The maximum atomic E-state index is 13.3. The van der Waals surface area contributed by atoms with Gasteiger partial charge in [-0.2, -0.15) is 0 Å². The smallest absolute Gasteiger partial charge is 0.410 e. The van der Waals surface area contributed by atoms with E-state index in [1.807, 2.05) is 0 Å². The molecule has 13 nitrogen and oxygen atoms in total. The van der Waals surface area contributed by atoms with E-state index >= 15 is 0 Å². The molecule has 2 aliphatic heterocycles. The van der Waals surface area contributed by atoms with Gasteiger partial charge in [-0.1, -0.05) is 6.07 Å². The van der Waals surface area contributed by atoms with Crippen molar-refractivity contribution in [1.29, 1.82) is 0 Å². The molecule has 0 atom stereocenters. The number of nitrogens with zero attached hydrogens (tertiary/aromatic N) is 2. The molecule has 0 aliphatic carbocycles. The van der Waals surface area contributed by atoms with Crippen LogP contribution in [-0.4, -0.2) is 102 Å². The highest BCUT2D eigenvalue weighted by atomic mass is 19.2. The van der Waals surface area contributed by atoms with Crippen LogP contribution in [0.3, 0.4) is 0 Å². The third-order valence-electron chi connectivity index (χ3n) is 7.21. The van der Waals surface area contributed by atoms with E-state index in [0.717, 1.165) is 24.3 Å². The molecule has 2 aromatic rings. The van der Waals surface area contributed by atoms with Gasteiger partial charge in [0.05, 0.1) is 39.4 Å². The van der Waals surface area contributed by atoms with Crippen molar-refractivity contribution >= 4 is 30.4 Å². The number of amides is 2. The Morgan fingerprint density at radius 1 is 0.736 bits per heavy atom. The standard InChI is InChI=1S/C18H24F2N2O4.C11H20N2O4.C7H4F2O/c1-5-25-15(23)18(10-22(11-18)16(24)26-17(2,3)4)21-9-12-6-7-13(19)14(20)8-12;1-5-16-8(14)11(12)6-13(7-11)9(15)17-10(2,3)4;8-6-2-1-5(4-10)3-7(6)9/h6-8,21H,5,9-11H2,1-4H3;5-7,12H2,1-4H3;1-4H. The summed E-state index contributed by atoms with van der Waals surface area (Å²) in [6, 6.07) is 6.49. The van der Waals surface area contributed by atoms with Crippen LogP contribution in [0, 0.1) is 23.3 Å². The second-order valence-electron chi connectivity index (χ2n) is 14.2. The van der Waals surface area contributed by atoms with E-state index < -0.39 is 69.7 Å². The van der Waals surface area contributed by atoms with Crippen molar-refractivity contribution in [3.8, 4) is 0 Å². The SMILES string of the molecule is CCOC(=O)C1(N)CN(C(=O)OC(C)(C)C)C1.CCOC(=O)C1(NCc2ccc(F)c(F)c2)CN(C(=O)OC(C)(C)C)C1.O=Cc1ccc(F)c(F)c1. The minimum atomic E-state index is -1.10. The summed E-state index contributed by atoms with van der Waals surface area (Å²) in [4.78, 5) is 60.3. The lowest BCUT2D eigenvalue weighted by Crippen LogP contribution is -2.74. The minimum absolute atomic E-state index is 0.0738. The molecule has 2 aromatic carbocycles. The molecule has 0 spiro atoms. The monoisotopic (exact) mass is 756 g/mol. The molecular formula is C36H48F4N4O9. The fourth-order valence-corrected chi connectivity index (χ4v) is 4.64. The molecule has 17 heteroatoms. The van der Waals surface area contributed by atoms with Crippen LogP contribution in [0.5, 0.6) is 0 Å². The molecule has 2 amide bonds. The summed E-state index contributed by atoms with van der Waals surface area (Å²) >= 11 is 0. The highest BCUT2D eigenvalue weighted by Crippen LogP contribution is 2.26. The average molecular weight is 757 g/mol. The van der Waals surface area contributed by atoms with E-state index in [0.29, 0.717) is 11.8 Å². The number of nitrogens with two attached hydrogens (primary N) is 1. The number of esters is 2. The van der Waals surface area contributed by atoms with Crippen molar-refractivity contribution in [1.82, 2.24) is 15.1 Å². The lowest BCUT2D eigenvalue weighted by molar-refractivity contribution is -0.159. The van der Waals surface area contributed by atoms with Crippen molar-refractivity contribution < 1.29 is 60.5 Å². The van der Waals surface area contributed by atoms with Gasteiger partial charge in [-0.05, 0) is 91.3 Å². The fourth-order valence-electron chi connectivity index (χ4n) is 4.64. The van der Waals surface area contributed by atoms with Crippen molar-refractivity contribution in [3.05, 3.63) is 70.8 Å². The zero-order valence-electron chi connectivity index (χ0n) is 31.1. The molecule has 0 unspecified atom stereocenters. The number of nitrogens with one attached hydrogen (secondary N) is 1. The topological polar surface area (TPSA) is 167 Å². The molecule has 294 valence electrons. The average Bonchev–Trinajstić information content (AvgIpc) is 3.01. The van der Waals surface area contributed by atoms with E-state index in [2.05, 4.69) is 5.32 Å². The quantitative estimate of drug-likeness (QED) is 0.163. The highest BCUT2D eigenvalue weighted by molar-refractivity contribution is 5.86. The van der Waals surface area contributed by atoms with Gasteiger partial charge in [0.25, 0.3) is 0 Å². The lowest BCUT2D eigenvalue weighted by atomic mass is 9.89. The van der Waals surface area contributed by atoms with Crippen LogP contribution < -0.4 is 11.1 Å². The zero-order valence-corrected chi connectivity index (χ0v) is 31.1. The molecule has 53 heavy (non-hydrogen) atoms. The van der Waals surface area contributed by atoms with E-state index in [4.69, 9.17) is 24.7 Å². The summed E-state index contributed by atoms with van der Waals surface area (Å²) in [5.74, 6) is -4.80. The first-order valence-corrected chi connectivity index (χ1v) is 16.7. The molecule has 0 bridgehead atoms. The third kappa shape index (κ3) is 13.3. The van der Waals surface area contributed by atoms with E-state index in [-0.39, 0.29) is 51.5 Å². The highest BCUT2D eigenvalue weighted by Gasteiger charge is 2.53. The molecule has 2 aliphatic rings. The molecule has 2 saturated heterocycles. The van der Waals surface area contributed by atoms with Gasteiger partial charge in [0.1, 0.15) is 17.5 Å². The number of rotatable bonds is 8. The van der Waals surface area contributed by atoms with E-state index in [9.17, 15) is 41.5 Å². The Balaban J connectivity index is 0.000000307. The maximum Gasteiger partial charge on any atom is 0.410 e. The number of likely N-dealkylation sites (tertiary alicyclic amines) is 2. The zero-order chi connectivity index (χ0) is 40.4. The number of ether oxygens (including phenoxy) is 4. The minimum Gasteiger partial charge on any atom is -0.465 e. The Bertz CT molecular complexity index is 1620. The van der Waals surface area contributed by atoms with Crippen LogP contribution in [0.25, 0.3) is 0 Å². The molecule has 2 heterocycles. The Hall–Kier alpha value is -4.77. The summed E-state index contributed by atoms with van der Waals surface area (Å²) in [5, 5.41) is 3.01.